The summed E-state index contributed by atoms with van der Waals surface area (Å²) in [5.74, 6) is 0.981. The van der Waals surface area contributed by atoms with Gasteiger partial charge in [-0.05, 0) is 31.6 Å². The molecule has 0 aromatic rings. The molecule has 3 heteroatoms. The van der Waals surface area contributed by atoms with E-state index in [-0.39, 0.29) is 0 Å². The highest BCUT2D eigenvalue weighted by molar-refractivity contribution is 4.94. The topological polar surface area (TPSA) is 24.5 Å². The molecule has 0 spiro atoms. The van der Waals surface area contributed by atoms with Crippen molar-refractivity contribution in [3.8, 4) is 0 Å². The molecular weight excluding hydrogens is 212 g/mol. The van der Waals surface area contributed by atoms with Crippen molar-refractivity contribution in [3.63, 3.8) is 0 Å². The average Bonchev–Trinajstić information content (AvgIpc) is 2.94. The fourth-order valence-electron chi connectivity index (χ4n) is 4.04. The van der Waals surface area contributed by atoms with Gasteiger partial charge in [0.05, 0.1) is 6.10 Å². The third-order valence-corrected chi connectivity index (χ3v) is 4.99. The normalized spacial score (nSPS) is 42.9. The maximum absolute atomic E-state index is 5.44. The van der Waals surface area contributed by atoms with E-state index in [1.807, 2.05) is 7.11 Å². The maximum Gasteiger partial charge on any atom is 0.0710 e. The van der Waals surface area contributed by atoms with E-state index >= 15 is 0 Å². The zero-order valence-corrected chi connectivity index (χ0v) is 11.0. The minimum atomic E-state index is 0.485. The zero-order valence-electron chi connectivity index (χ0n) is 11.0. The van der Waals surface area contributed by atoms with E-state index < -0.39 is 0 Å². The summed E-state index contributed by atoms with van der Waals surface area (Å²) in [6, 6.07) is 1.59. The van der Waals surface area contributed by atoms with Crippen molar-refractivity contribution in [1.29, 1.82) is 0 Å². The van der Waals surface area contributed by atoms with Gasteiger partial charge in [-0.25, -0.2) is 0 Å². The second-order valence-corrected chi connectivity index (χ2v) is 6.16. The van der Waals surface area contributed by atoms with E-state index in [4.69, 9.17) is 4.74 Å². The van der Waals surface area contributed by atoms with Gasteiger partial charge in [0, 0.05) is 38.8 Å². The van der Waals surface area contributed by atoms with Crippen molar-refractivity contribution in [2.24, 2.45) is 5.92 Å². The first-order chi connectivity index (χ1) is 8.35. The Morgan fingerprint density at radius 3 is 2.88 bits per heavy atom. The molecule has 3 aliphatic rings. The molecule has 4 unspecified atom stereocenters. The average molecular weight is 238 g/mol. The first-order valence-corrected chi connectivity index (χ1v) is 7.36. The number of fused-ring (bicyclic) bond motifs is 1. The summed E-state index contributed by atoms with van der Waals surface area (Å²) in [5.41, 5.74) is 0. The van der Waals surface area contributed by atoms with E-state index in [0.717, 1.165) is 24.5 Å². The van der Waals surface area contributed by atoms with Crippen LogP contribution in [-0.2, 0) is 4.74 Å². The Bertz CT molecular complexity index is 245. The Hall–Kier alpha value is -0.120. The molecular formula is C14H26N2O. The summed E-state index contributed by atoms with van der Waals surface area (Å²) >= 11 is 0. The molecule has 0 aromatic carbocycles. The van der Waals surface area contributed by atoms with Gasteiger partial charge in [0.15, 0.2) is 0 Å². The lowest BCUT2D eigenvalue weighted by molar-refractivity contribution is 0.107. The van der Waals surface area contributed by atoms with Crippen LogP contribution in [0.2, 0.25) is 0 Å². The Balaban J connectivity index is 1.47. The summed E-state index contributed by atoms with van der Waals surface area (Å²) in [5, 5.41) is 3.87. The first kappa shape index (κ1) is 11.9. The number of methoxy groups -OCH3 is 1. The number of likely N-dealkylation sites (tertiary alicyclic amines) is 1. The predicted molar refractivity (Wildman–Crippen MR) is 69.1 cm³/mol. The number of nitrogens with one attached hydrogen (secondary N) is 1. The highest BCUT2D eigenvalue weighted by atomic mass is 16.5. The molecule has 98 valence electrons. The standard InChI is InChI=1S/C14H26N2O/c1-17-13-6-7-16(10-13)9-12-8-11-4-2-3-5-14(11)15-12/h11-15H,2-10H2,1H3. The van der Waals surface area contributed by atoms with Crippen LogP contribution in [0.25, 0.3) is 0 Å². The lowest BCUT2D eigenvalue weighted by atomic mass is 9.85. The summed E-state index contributed by atoms with van der Waals surface area (Å²) in [6.45, 7) is 3.61. The molecule has 2 saturated heterocycles. The number of ether oxygens (including phenoxy) is 1. The van der Waals surface area contributed by atoms with Gasteiger partial charge in [-0.3, -0.25) is 4.90 Å². The largest absolute Gasteiger partial charge is 0.380 e. The van der Waals surface area contributed by atoms with Crippen LogP contribution < -0.4 is 5.32 Å². The number of nitrogens with zero attached hydrogens (tertiary/aromatic N) is 1. The van der Waals surface area contributed by atoms with E-state index in [0.29, 0.717) is 6.10 Å². The number of rotatable bonds is 3. The predicted octanol–water partition coefficient (Wildman–Crippen LogP) is 1.63. The molecule has 1 aliphatic carbocycles. The third-order valence-electron chi connectivity index (χ3n) is 4.99. The molecule has 17 heavy (non-hydrogen) atoms. The van der Waals surface area contributed by atoms with Gasteiger partial charge in [-0.1, -0.05) is 12.8 Å². The highest BCUT2D eigenvalue weighted by Crippen LogP contribution is 2.33. The van der Waals surface area contributed by atoms with Crippen molar-refractivity contribution < 1.29 is 4.74 Å². The lowest BCUT2D eigenvalue weighted by Gasteiger charge is -2.24. The first-order valence-electron chi connectivity index (χ1n) is 7.36. The van der Waals surface area contributed by atoms with Crippen LogP contribution in [0.1, 0.15) is 38.5 Å². The van der Waals surface area contributed by atoms with E-state index in [9.17, 15) is 0 Å². The summed E-state index contributed by atoms with van der Waals surface area (Å²) in [4.78, 5) is 2.59. The molecule has 0 radical (unpaired) electrons. The molecule has 3 nitrogen and oxygen atoms in total. The lowest BCUT2D eigenvalue weighted by Crippen LogP contribution is -2.40. The minimum absolute atomic E-state index is 0.485. The molecule has 2 aliphatic heterocycles. The Kier molecular flexibility index (Phi) is 3.69. The molecule has 2 heterocycles. The van der Waals surface area contributed by atoms with Gasteiger partial charge in [0.2, 0.25) is 0 Å². The molecule has 0 bridgehead atoms. The highest BCUT2D eigenvalue weighted by Gasteiger charge is 2.36. The van der Waals surface area contributed by atoms with Crippen molar-refractivity contribution >= 4 is 0 Å². The molecule has 1 N–H and O–H groups in total. The van der Waals surface area contributed by atoms with Gasteiger partial charge in [0.25, 0.3) is 0 Å². The Morgan fingerprint density at radius 1 is 1.24 bits per heavy atom. The molecule has 1 saturated carbocycles. The summed E-state index contributed by atoms with van der Waals surface area (Å²) in [7, 11) is 1.84. The van der Waals surface area contributed by atoms with Crippen LogP contribution >= 0.6 is 0 Å². The van der Waals surface area contributed by atoms with Gasteiger partial charge < -0.3 is 10.1 Å². The Labute approximate surface area is 105 Å². The van der Waals surface area contributed by atoms with Gasteiger partial charge in [0.1, 0.15) is 0 Å². The van der Waals surface area contributed by atoms with Crippen LogP contribution in [0.3, 0.4) is 0 Å². The Morgan fingerprint density at radius 2 is 2.12 bits per heavy atom. The number of hydrogen-bond acceptors (Lipinski definition) is 3. The van der Waals surface area contributed by atoms with Crippen molar-refractivity contribution in [2.45, 2.75) is 56.7 Å². The van der Waals surface area contributed by atoms with Crippen LogP contribution in [-0.4, -0.2) is 49.8 Å². The SMILES string of the molecule is COC1CCN(CC2CC3CCCCC3N2)C1. The maximum atomic E-state index is 5.44. The summed E-state index contributed by atoms with van der Waals surface area (Å²) < 4.78 is 5.44. The quantitative estimate of drug-likeness (QED) is 0.809. The van der Waals surface area contributed by atoms with Crippen molar-refractivity contribution in [2.75, 3.05) is 26.7 Å². The molecule has 0 amide bonds. The van der Waals surface area contributed by atoms with Gasteiger partial charge in [-0.15, -0.1) is 0 Å². The van der Waals surface area contributed by atoms with E-state index in [1.165, 1.54) is 51.6 Å². The third kappa shape index (κ3) is 2.67. The van der Waals surface area contributed by atoms with Gasteiger partial charge in [-0.2, -0.15) is 0 Å². The number of hydrogen-bond donors (Lipinski definition) is 1. The fourth-order valence-corrected chi connectivity index (χ4v) is 4.04. The van der Waals surface area contributed by atoms with Crippen molar-refractivity contribution in [1.82, 2.24) is 10.2 Å². The molecule has 3 rings (SSSR count). The van der Waals surface area contributed by atoms with Crippen LogP contribution in [0.4, 0.5) is 0 Å². The van der Waals surface area contributed by atoms with Crippen LogP contribution in [0, 0.1) is 5.92 Å². The second kappa shape index (κ2) is 5.25. The second-order valence-electron chi connectivity index (χ2n) is 6.16. The van der Waals surface area contributed by atoms with E-state index in [1.54, 1.807) is 0 Å². The van der Waals surface area contributed by atoms with Crippen LogP contribution in [0.5, 0.6) is 0 Å². The smallest absolute Gasteiger partial charge is 0.0710 e. The minimum Gasteiger partial charge on any atom is -0.380 e. The van der Waals surface area contributed by atoms with E-state index in [2.05, 4.69) is 10.2 Å². The van der Waals surface area contributed by atoms with Crippen molar-refractivity contribution in [3.05, 3.63) is 0 Å². The van der Waals surface area contributed by atoms with Crippen LogP contribution in [0.15, 0.2) is 0 Å². The monoisotopic (exact) mass is 238 g/mol. The fraction of sp³-hybridized carbons (Fsp3) is 1.00. The summed E-state index contributed by atoms with van der Waals surface area (Å²) in [6.07, 6.45) is 8.91. The molecule has 4 atom stereocenters. The molecule has 3 fully saturated rings. The van der Waals surface area contributed by atoms with Gasteiger partial charge >= 0.3 is 0 Å². The zero-order chi connectivity index (χ0) is 11.7. The molecule has 0 aromatic heterocycles.